The van der Waals surface area contributed by atoms with Crippen molar-refractivity contribution in [1.82, 2.24) is 4.31 Å². The van der Waals surface area contributed by atoms with Gasteiger partial charge in [0.1, 0.15) is 5.75 Å². The zero-order valence-electron chi connectivity index (χ0n) is 9.46. The molecular formula is C10H10F3NO4S. The number of alkyl halides is 3. The first kappa shape index (κ1) is 14.1. The molecule has 19 heavy (non-hydrogen) atoms. The number of β-amino-alcohol motifs (C(OH)–C–C–N with tert-alkyl or cyclic N) is 1. The van der Waals surface area contributed by atoms with Gasteiger partial charge in [-0.15, -0.1) is 13.2 Å². The normalized spacial score (nSPS) is 18.1. The summed E-state index contributed by atoms with van der Waals surface area (Å²) in [4.78, 5) is -0.304. The Kier molecular flexibility index (Phi) is 3.45. The molecule has 1 fully saturated rings. The third-order valence-corrected chi connectivity index (χ3v) is 4.33. The molecule has 0 aliphatic carbocycles. The Morgan fingerprint density at radius 3 is 2.47 bits per heavy atom. The van der Waals surface area contributed by atoms with Crippen molar-refractivity contribution in [2.75, 3.05) is 13.1 Å². The van der Waals surface area contributed by atoms with E-state index in [-0.39, 0.29) is 18.0 Å². The van der Waals surface area contributed by atoms with Crippen molar-refractivity contribution in [2.24, 2.45) is 0 Å². The Hall–Kier alpha value is -1.32. The van der Waals surface area contributed by atoms with Crippen molar-refractivity contribution in [1.29, 1.82) is 0 Å². The highest BCUT2D eigenvalue weighted by atomic mass is 32.2. The van der Waals surface area contributed by atoms with E-state index >= 15 is 0 Å². The number of sulfonamides is 1. The highest BCUT2D eigenvalue weighted by Crippen LogP contribution is 2.27. The van der Waals surface area contributed by atoms with Crippen LogP contribution in [0.3, 0.4) is 0 Å². The number of hydrogen-bond donors (Lipinski definition) is 1. The minimum atomic E-state index is -4.88. The lowest BCUT2D eigenvalue weighted by Crippen LogP contribution is -2.53. The summed E-state index contributed by atoms with van der Waals surface area (Å²) in [5.41, 5.74) is 0. The molecule has 1 saturated heterocycles. The molecule has 1 aliphatic rings. The van der Waals surface area contributed by atoms with Gasteiger partial charge in [-0.25, -0.2) is 8.42 Å². The van der Waals surface area contributed by atoms with Gasteiger partial charge in [-0.05, 0) is 12.1 Å². The second-order valence-corrected chi connectivity index (χ2v) is 5.94. The predicted octanol–water partition coefficient (Wildman–Crippen LogP) is 0.950. The number of rotatable bonds is 3. The first-order valence-electron chi connectivity index (χ1n) is 5.22. The summed E-state index contributed by atoms with van der Waals surface area (Å²) in [5, 5.41) is 9.06. The number of aliphatic hydroxyl groups is 1. The molecule has 1 N–H and O–H groups in total. The van der Waals surface area contributed by atoms with Crippen LogP contribution in [0, 0.1) is 0 Å². The van der Waals surface area contributed by atoms with Gasteiger partial charge in [0.05, 0.1) is 11.0 Å². The van der Waals surface area contributed by atoms with E-state index in [1.807, 2.05) is 0 Å². The molecule has 0 bridgehead atoms. The molecule has 0 spiro atoms. The van der Waals surface area contributed by atoms with Crippen LogP contribution in [0.1, 0.15) is 0 Å². The largest absolute Gasteiger partial charge is 0.573 e. The third-order valence-electron chi connectivity index (χ3n) is 2.51. The summed E-state index contributed by atoms with van der Waals surface area (Å²) in [5.74, 6) is -0.602. The van der Waals surface area contributed by atoms with E-state index in [0.717, 1.165) is 22.5 Å². The molecule has 1 aromatic carbocycles. The van der Waals surface area contributed by atoms with E-state index in [0.29, 0.717) is 0 Å². The number of halogens is 3. The molecule has 0 atom stereocenters. The second-order valence-electron chi connectivity index (χ2n) is 4.00. The average Bonchev–Trinajstić information content (AvgIpc) is 2.23. The minimum Gasteiger partial charge on any atom is -0.406 e. The number of benzene rings is 1. The van der Waals surface area contributed by atoms with Crippen molar-refractivity contribution in [2.45, 2.75) is 17.4 Å². The van der Waals surface area contributed by atoms with Crippen LogP contribution >= 0.6 is 0 Å². The van der Waals surface area contributed by atoms with Crippen LogP contribution in [0.15, 0.2) is 29.2 Å². The molecule has 0 radical (unpaired) electrons. The topological polar surface area (TPSA) is 66.8 Å². The molecule has 106 valence electrons. The number of ether oxygens (including phenoxy) is 1. The van der Waals surface area contributed by atoms with E-state index in [1.165, 1.54) is 6.07 Å². The maximum absolute atomic E-state index is 12.0. The van der Waals surface area contributed by atoms with Crippen molar-refractivity contribution < 1.29 is 31.4 Å². The second kappa shape index (κ2) is 4.66. The Labute approximate surface area is 107 Å². The fraction of sp³-hybridized carbons (Fsp3) is 0.400. The summed E-state index contributed by atoms with van der Waals surface area (Å²) in [6.45, 7) is -0.126. The lowest BCUT2D eigenvalue weighted by atomic mass is 10.2. The number of hydrogen-bond acceptors (Lipinski definition) is 4. The van der Waals surface area contributed by atoms with Gasteiger partial charge < -0.3 is 9.84 Å². The predicted molar refractivity (Wildman–Crippen MR) is 57.9 cm³/mol. The van der Waals surface area contributed by atoms with Gasteiger partial charge in [0.2, 0.25) is 10.0 Å². The van der Waals surface area contributed by atoms with E-state index in [4.69, 9.17) is 5.11 Å². The highest BCUT2D eigenvalue weighted by Gasteiger charge is 2.36. The number of nitrogens with zero attached hydrogens (tertiary/aromatic N) is 1. The van der Waals surface area contributed by atoms with E-state index in [9.17, 15) is 21.6 Å². The lowest BCUT2D eigenvalue weighted by Gasteiger charge is -2.34. The van der Waals surface area contributed by atoms with E-state index < -0.39 is 28.2 Å². The summed E-state index contributed by atoms with van der Waals surface area (Å²) in [6, 6.07) is 4.14. The zero-order valence-corrected chi connectivity index (χ0v) is 10.3. The van der Waals surface area contributed by atoms with Gasteiger partial charge in [0.25, 0.3) is 0 Å². The molecule has 2 rings (SSSR count). The molecule has 5 nitrogen and oxygen atoms in total. The quantitative estimate of drug-likeness (QED) is 0.902. The van der Waals surface area contributed by atoms with E-state index in [1.54, 1.807) is 0 Å². The molecule has 1 aliphatic heterocycles. The molecule has 9 heteroatoms. The van der Waals surface area contributed by atoms with Crippen LogP contribution in [0.4, 0.5) is 13.2 Å². The van der Waals surface area contributed by atoms with Gasteiger partial charge in [-0.3, -0.25) is 0 Å². The molecule has 0 saturated carbocycles. The van der Waals surface area contributed by atoms with Crippen molar-refractivity contribution in [3.8, 4) is 5.75 Å². The highest BCUT2D eigenvalue weighted by molar-refractivity contribution is 7.89. The van der Waals surface area contributed by atoms with Crippen LogP contribution in [0.2, 0.25) is 0 Å². The molecule has 0 unspecified atom stereocenters. The number of aliphatic hydroxyl groups excluding tert-OH is 1. The first-order chi connectivity index (χ1) is 8.68. The van der Waals surface area contributed by atoms with Crippen LogP contribution < -0.4 is 4.74 Å². The molecule has 1 heterocycles. The Bertz CT molecular complexity index is 566. The van der Waals surface area contributed by atoms with Gasteiger partial charge >= 0.3 is 6.36 Å². The fourth-order valence-electron chi connectivity index (χ4n) is 1.59. The van der Waals surface area contributed by atoms with Crippen molar-refractivity contribution in [3.05, 3.63) is 24.3 Å². The Balaban J connectivity index is 2.23. The molecule has 0 aromatic heterocycles. The maximum Gasteiger partial charge on any atom is 0.573 e. The Morgan fingerprint density at radius 1 is 1.32 bits per heavy atom. The van der Waals surface area contributed by atoms with E-state index in [2.05, 4.69) is 4.74 Å². The SMILES string of the molecule is O=S(=O)(c1cccc(OC(F)(F)F)c1)N1CC(O)C1. The van der Waals surface area contributed by atoms with Gasteiger partial charge in [0, 0.05) is 19.2 Å². The maximum atomic E-state index is 12.0. The Morgan fingerprint density at radius 2 is 1.95 bits per heavy atom. The van der Waals surface area contributed by atoms with Gasteiger partial charge in [-0.1, -0.05) is 6.07 Å². The summed E-state index contributed by atoms with van der Waals surface area (Å²) in [6.07, 6.45) is -5.61. The third kappa shape index (κ3) is 3.17. The van der Waals surface area contributed by atoms with Gasteiger partial charge in [-0.2, -0.15) is 4.31 Å². The van der Waals surface area contributed by atoms with Crippen LogP contribution in [0.5, 0.6) is 5.75 Å². The smallest absolute Gasteiger partial charge is 0.406 e. The standard InChI is InChI=1S/C10H10F3NO4S/c11-10(12,13)18-8-2-1-3-9(4-8)19(16,17)14-5-7(15)6-14/h1-4,7,15H,5-6H2. The first-order valence-corrected chi connectivity index (χ1v) is 6.66. The lowest BCUT2D eigenvalue weighted by molar-refractivity contribution is -0.274. The summed E-state index contributed by atoms with van der Waals surface area (Å²) < 4.78 is 64.7. The van der Waals surface area contributed by atoms with Crippen molar-refractivity contribution >= 4 is 10.0 Å². The van der Waals surface area contributed by atoms with Gasteiger partial charge in [0.15, 0.2) is 0 Å². The van der Waals surface area contributed by atoms with Crippen LogP contribution in [-0.4, -0.2) is 43.4 Å². The average molecular weight is 297 g/mol. The molecular weight excluding hydrogens is 287 g/mol. The molecule has 1 aromatic rings. The van der Waals surface area contributed by atoms with Crippen molar-refractivity contribution in [3.63, 3.8) is 0 Å². The van der Waals surface area contributed by atoms with Crippen LogP contribution in [-0.2, 0) is 10.0 Å². The summed E-state index contributed by atoms with van der Waals surface area (Å²) in [7, 11) is -3.89. The summed E-state index contributed by atoms with van der Waals surface area (Å²) >= 11 is 0. The fourth-order valence-corrected chi connectivity index (χ4v) is 3.14. The monoisotopic (exact) mass is 297 g/mol. The van der Waals surface area contributed by atoms with Crippen LogP contribution in [0.25, 0.3) is 0 Å². The zero-order chi connectivity index (χ0) is 14.3. The minimum absolute atomic E-state index is 0.0628. The molecule has 0 amide bonds.